The highest BCUT2D eigenvalue weighted by molar-refractivity contribution is 6.07. The van der Waals surface area contributed by atoms with Gasteiger partial charge in [0.15, 0.2) is 0 Å². The monoisotopic (exact) mass is 291 g/mol. The van der Waals surface area contributed by atoms with Crippen LogP contribution in [0.25, 0.3) is 10.8 Å². The molecule has 22 heavy (non-hydrogen) atoms. The van der Waals surface area contributed by atoms with Gasteiger partial charge in [0.25, 0.3) is 5.91 Å². The first kappa shape index (κ1) is 14.1. The summed E-state index contributed by atoms with van der Waals surface area (Å²) in [6, 6.07) is 19.4. The van der Waals surface area contributed by atoms with E-state index in [-0.39, 0.29) is 5.91 Å². The minimum atomic E-state index is -0.144. The molecule has 0 radical (unpaired) electrons. The number of ether oxygens (including phenoxy) is 1. The summed E-state index contributed by atoms with van der Waals surface area (Å²) in [5, 5.41) is 5.08. The normalized spacial score (nSPS) is 10.5. The Morgan fingerprint density at radius 3 is 2.50 bits per heavy atom. The number of carbonyl (C=O) groups excluding carboxylic acids is 1. The maximum atomic E-state index is 12.5. The van der Waals surface area contributed by atoms with E-state index in [0.717, 1.165) is 16.3 Å². The van der Waals surface area contributed by atoms with E-state index < -0.39 is 0 Å². The predicted octanol–water partition coefficient (Wildman–Crippen LogP) is 4.41. The zero-order chi connectivity index (χ0) is 15.5. The first-order valence-corrected chi connectivity index (χ1v) is 7.12. The van der Waals surface area contributed by atoms with Gasteiger partial charge in [0, 0.05) is 5.56 Å². The van der Waals surface area contributed by atoms with E-state index in [9.17, 15) is 4.79 Å². The smallest absolute Gasteiger partial charge is 0.255 e. The fourth-order valence-electron chi connectivity index (χ4n) is 2.44. The summed E-state index contributed by atoms with van der Waals surface area (Å²) in [6.07, 6.45) is 0. The Labute approximate surface area is 129 Å². The van der Waals surface area contributed by atoms with Crippen molar-refractivity contribution in [2.75, 3.05) is 12.4 Å². The second kappa shape index (κ2) is 5.90. The van der Waals surface area contributed by atoms with Gasteiger partial charge >= 0.3 is 0 Å². The maximum absolute atomic E-state index is 12.5. The molecule has 0 bridgehead atoms. The first-order valence-electron chi connectivity index (χ1n) is 7.12. The highest BCUT2D eigenvalue weighted by Gasteiger charge is 2.10. The largest absolute Gasteiger partial charge is 0.495 e. The van der Waals surface area contributed by atoms with Crippen molar-refractivity contribution in [3.05, 3.63) is 71.8 Å². The minimum absolute atomic E-state index is 0.144. The quantitative estimate of drug-likeness (QED) is 0.776. The Hall–Kier alpha value is -2.81. The Kier molecular flexibility index (Phi) is 3.79. The number of rotatable bonds is 3. The molecule has 110 valence electrons. The van der Waals surface area contributed by atoms with Gasteiger partial charge in [-0.3, -0.25) is 4.79 Å². The molecule has 0 fully saturated rings. The van der Waals surface area contributed by atoms with Crippen LogP contribution in [0.3, 0.4) is 0 Å². The highest BCUT2D eigenvalue weighted by atomic mass is 16.5. The zero-order valence-corrected chi connectivity index (χ0v) is 12.6. The molecule has 0 aliphatic heterocycles. The second-order valence-corrected chi connectivity index (χ2v) is 5.22. The molecule has 3 nitrogen and oxygen atoms in total. The molecular formula is C19H17NO2. The van der Waals surface area contributed by atoms with Gasteiger partial charge in [-0.15, -0.1) is 0 Å². The number of hydrogen-bond acceptors (Lipinski definition) is 2. The lowest BCUT2D eigenvalue weighted by molar-refractivity contribution is 0.102. The van der Waals surface area contributed by atoms with Crippen LogP contribution in [0.5, 0.6) is 5.75 Å². The van der Waals surface area contributed by atoms with Crippen molar-refractivity contribution in [2.45, 2.75) is 6.92 Å². The Morgan fingerprint density at radius 2 is 1.73 bits per heavy atom. The maximum Gasteiger partial charge on any atom is 0.255 e. The molecule has 3 heteroatoms. The van der Waals surface area contributed by atoms with Crippen molar-refractivity contribution in [2.24, 2.45) is 0 Å². The van der Waals surface area contributed by atoms with Crippen molar-refractivity contribution in [3.8, 4) is 5.75 Å². The van der Waals surface area contributed by atoms with Gasteiger partial charge in [-0.25, -0.2) is 0 Å². The topological polar surface area (TPSA) is 38.3 Å². The molecule has 0 aliphatic carbocycles. The van der Waals surface area contributed by atoms with Crippen LogP contribution in [0.2, 0.25) is 0 Å². The van der Waals surface area contributed by atoms with Crippen LogP contribution in [0.4, 0.5) is 5.69 Å². The SMILES string of the molecule is COc1ccc(C)cc1NC(=O)c1ccc2ccccc2c1. The fraction of sp³-hybridized carbons (Fsp3) is 0.105. The van der Waals surface area contributed by atoms with Crippen molar-refractivity contribution >= 4 is 22.4 Å². The lowest BCUT2D eigenvalue weighted by atomic mass is 10.1. The van der Waals surface area contributed by atoms with E-state index in [2.05, 4.69) is 5.32 Å². The number of methoxy groups -OCH3 is 1. The van der Waals surface area contributed by atoms with Crippen molar-refractivity contribution < 1.29 is 9.53 Å². The number of amides is 1. The summed E-state index contributed by atoms with van der Waals surface area (Å²) in [7, 11) is 1.59. The molecular weight excluding hydrogens is 274 g/mol. The average molecular weight is 291 g/mol. The lowest BCUT2D eigenvalue weighted by Gasteiger charge is -2.11. The van der Waals surface area contributed by atoms with Crippen molar-refractivity contribution in [1.29, 1.82) is 0 Å². The molecule has 0 saturated heterocycles. The van der Waals surface area contributed by atoms with Crippen LogP contribution >= 0.6 is 0 Å². The summed E-state index contributed by atoms with van der Waals surface area (Å²) >= 11 is 0. The van der Waals surface area contributed by atoms with E-state index >= 15 is 0 Å². The Balaban J connectivity index is 1.91. The summed E-state index contributed by atoms with van der Waals surface area (Å²) in [6.45, 7) is 1.98. The van der Waals surface area contributed by atoms with Gasteiger partial charge < -0.3 is 10.1 Å². The van der Waals surface area contributed by atoms with Crippen LogP contribution in [-0.2, 0) is 0 Å². The summed E-state index contributed by atoms with van der Waals surface area (Å²) in [4.78, 5) is 12.5. The number of aryl methyl sites for hydroxylation is 1. The standard InChI is InChI=1S/C19H17NO2/c1-13-7-10-18(22-2)17(11-13)20-19(21)16-9-8-14-5-3-4-6-15(14)12-16/h3-12H,1-2H3,(H,20,21). The number of anilines is 1. The van der Waals surface area contributed by atoms with Gasteiger partial charge in [-0.1, -0.05) is 36.4 Å². The van der Waals surface area contributed by atoms with E-state index in [1.807, 2.05) is 67.6 Å². The molecule has 0 aromatic heterocycles. The molecule has 0 atom stereocenters. The predicted molar refractivity (Wildman–Crippen MR) is 89.6 cm³/mol. The molecule has 3 rings (SSSR count). The van der Waals surface area contributed by atoms with Gasteiger partial charge in [0.1, 0.15) is 5.75 Å². The zero-order valence-electron chi connectivity index (χ0n) is 12.6. The molecule has 0 unspecified atom stereocenters. The van der Waals surface area contributed by atoms with Crippen LogP contribution in [0.1, 0.15) is 15.9 Å². The number of fused-ring (bicyclic) bond motifs is 1. The van der Waals surface area contributed by atoms with Crippen LogP contribution in [0, 0.1) is 6.92 Å². The van der Waals surface area contributed by atoms with Gasteiger partial charge in [0.2, 0.25) is 0 Å². The number of hydrogen-bond donors (Lipinski definition) is 1. The van der Waals surface area contributed by atoms with Crippen LogP contribution in [0.15, 0.2) is 60.7 Å². The third-order valence-electron chi connectivity index (χ3n) is 3.61. The van der Waals surface area contributed by atoms with Gasteiger partial charge in [0.05, 0.1) is 12.8 Å². The number of benzene rings is 3. The molecule has 0 spiro atoms. The summed E-state index contributed by atoms with van der Waals surface area (Å²) in [5.41, 5.74) is 2.37. The van der Waals surface area contributed by atoms with Crippen LogP contribution in [-0.4, -0.2) is 13.0 Å². The van der Waals surface area contributed by atoms with Crippen LogP contribution < -0.4 is 10.1 Å². The van der Waals surface area contributed by atoms with E-state index in [1.165, 1.54) is 0 Å². The van der Waals surface area contributed by atoms with Gasteiger partial charge in [-0.05, 0) is 47.5 Å². The molecule has 3 aromatic carbocycles. The third kappa shape index (κ3) is 2.79. The van der Waals surface area contributed by atoms with E-state index in [1.54, 1.807) is 7.11 Å². The number of carbonyl (C=O) groups is 1. The number of nitrogens with one attached hydrogen (secondary N) is 1. The molecule has 3 aromatic rings. The summed E-state index contributed by atoms with van der Waals surface area (Å²) in [5.74, 6) is 0.509. The third-order valence-corrected chi connectivity index (χ3v) is 3.61. The Bertz CT molecular complexity index is 840. The molecule has 0 heterocycles. The van der Waals surface area contributed by atoms with E-state index in [0.29, 0.717) is 17.0 Å². The summed E-state index contributed by atoms with van der Waals surface area (Å²) < 4.78 is 5.29. The highest BCUT2D eigenvalue weighted by Crippen LogP contribution is 2.26. The molecule has 0 aliphatic rings. The molecule has 1 N–H and O–H groups in total. The average Bonchev–Trinajstić information content (AvgIpc) is 2.54. The lowest BCUT2D eigenvalue weighted by Crippen LogP contribution is -2.12. The Morgan fingerprint density at radius 1 is 0.955 bits per heavy atom. The molecule has 1 amide bonds. The minimum Gasteiger partial charge on any atom is -0.495 e. The van der Waals surface area contributed by atoms with Crippen molar-refractivity contribution in [1.82, 2.24) is 0 Å². The van der Waals surface area contributed by atoms with Gasteiger partial charge in [-0.2, -0.15) is 0 Å². The van der Waals surface area contributed by atoms with Crippen molar-refractivity contribution in [3.63, 3.8) is 0 Å². The second-order valence-electron chi connectivity index (χ2n) is 5.22. The first-order chi connectivity index (χ1) is 10.7. The fourth-order valence-corrected chi connectivity index (χ4v) is 2.44. The molecule has 0 saturated carbocycles. The van der Waals surface area contributed by atoms with E-state index in [4.69, 9.17) is 4.74 Å².